The third-order valence-electron chi connectivity index (χ3n) is 5.15. The Labute approximate surface area is 168 Å². The quantitative estimate of drug-likeness (QED) is 0.723. The van der Waals surface area contributed by atoms with E-state index < -0.39 is 18.3 Å². The molecule has 1 amide bonds. The first kappa shape index (κ1) is 19.4. The lowest BCUT2D eigenvalue weighted by atomic mass is 10.0. The van der Waals surface area contributed by atoms with Crippen molar-refractivity contribution in [1.82, 2.24) is 29.6 Å². The van der Waals surface area contributed by atoms with Gasteiger partial charge in [0.05, 0.1) is 17.9 Å². The van der Waals surface area contributed by atoms with E-state index in [-0.39, 0.29) is 12.0 Å². The number of rotatable bonds is 4. The number of H-pyrrole nitrogens is 1. The Bertz CT molecular complexity index is 1010. The van der Waals surface area contributed by atoms with Crippen LogP contribution in [-0.4, -0.2) is 61.1 Å². The summed E-state index contributed by atoms with van der Waals surface area (Å²) in [4.78, 5) is 25.6. The van der Waals surface area contributed by atoms with Crippen molar-refractivity contribution in [3.8, 4) is 11.3 Å². The highest BCUT2D eigenvalue weighted by atomic mass is 19.1. The molecule has 1 aliphatic heterocycles. The van der Waals surface area contributed by atoms with Gasteiger partial charge in [-0.25, -0.2) is 19.2 Å². The molecule has 1 saturated heterocycles. The Balaban J connectivity index is 1.51. The second kappa shape index (κ2) is 7.46. The molecule has 3 aromatic rings. The molecule has 0 aromatic carbocycles. The molecule has 154 valence electrons. The Morgan fingerprint density at radius 1 is 1.41 bits per heavy atom. The number of likely N-dealkylation sites (tertiary alicyclic amines) is 1. The van der Waals surface area contributed by atoms with Gasteiger partial charge in [0.2, 0.25) is 0 Å². The summed E-state index contributed by atoms with van der Waals surface area (Å²) in [6, 6.07) is 1.46. The van der Waals surface area contributed by atoms with Gasteiger partial charge < -0.3 is 14.6 Å². The zero-order chi connectivity index (χ0) is 20.6. The van der Waals surface area contributed by atoms with E-state index in [0.717, 1.165) is 22.3 Å². The molecule has 9 heteroatoms. The number of ether oxygens (including phenoxy) is 1. The fourth-order valence-corrected chi connectivity index (χ4v) is 3.75. The molecule has 0 radical (unpaired) electrons. The number of nitrogens with one attached hydrogen (secondary N) is 1. The van der Waals surface area contributed by atoms with E-state index in [2.05, 4.69) is 20.1 Å². The predicted octanol–water partition coefficient (Wildman–Crippen LogP) is 3.59. The monoisotopic (exact) mass is 400 g/mol. The van der Waals surface area contributed by atoms with Crippen LogP contribution in [0.1, 0.15) is 33.2 Å². The van der Waals surface area contributed by atoms with Crippen molar-refractivity contribution < 1.29 is 13.9 Å². The first-order chi connectivity index (χ1) is 13.9. The third kappa shape index (κ3) is 3.94. The summed E-state index contributed by atoms with van der Waals surface area (Å²) in [6.45, 7) is 5.96. The van der Waals surface area contributed by atoms with Gasteiger partial charge in [0.25, 0.3) is 0 Å². The predicted molar refractivity (Wildman–Crippen MR) is 106 cm³/mol. The highest BCUT2D eigenvalue weighted by molar-refractivity contribution is 5.89. The van der Waals surface area contributed by atoms with Crippen LogP contribution in [0.15, 0.2) is 31.0 Å². The topological polar surface area (TPSA) is 88.9 Å². The molecule has 0 aliphatic carbocycles. The van der Waals surface area contributed by atoms with Gasteiger partial charge in [0, 0.05) is 42.4 Å². The number of nitrogens with zero attached hydrogens (tertiary/aromatic N) is 5. The molecule has 1 fully saturated rings. The molecule has 4 heterocycles. The summed E-state index contributed by atoms with van der Waals surface area (Å²) in [6.07, 6.45) is 7.16. The number of hydrogen-bond donors (Lipinski definition) is 1. The SMILES string of the molecule is CC(C)(C)OC(=O)N1CCC(C(CF)n2cc(-c3ncnc4[nH]ccc34)cn2)C1. The summed E-state index contributed by atoms with van der Waals surface area (Å²) in [7, 11) is 0. The minimum atomic E-state index is -0.558. The number of alkyl halides is 1. The average Bonchev–Trinajstić information content (AvgIpc) is 3.41. The van der Waals surface area contributed by atoms with Crippen molar-refractivity contribution in [3.63, 3.8) is 0 Å². The summed E-state index contributed by atoms with van der Waals surface area (Å²) in [5, 5.41) is 5.29. The number of aromatic amines is 1. The normalized spacial score (nSPS) is 18.3. The van der Waals surface area contributed by atoms with Gasteiger partial charge >= 0.3 is 6.09 Å². The molecular weight excluding hydrogens is 375 g/mol. The molecule has 2 atom stereocenters. The molecule has 4 rings (SSSR count). The number of amides is 1. The summed E-state index contributed by atoms with van der Waals surface area (Å²) >= 11 is 0. The molecule has 0 saturated carbocycles. The van der Waals surface area contributed by atoms with Gasteiger partial charge in [-0.3, -0.25) is 4.68 Å². The van der Waals surface area contributed by atoms with Crippen LogP contribution in [0, 0.1) is 5.92 Å². The molecule has 0 spiro atoms. The van der Waals surface area contributed by atoms with Crippen LogP contribution in [0.25, 0.3) is 22.3 Å². The average molecular weight is 400 g/mol. The van der Waals surface area contributed by atoms with Gasteiger partial charge in [0.1, 0.15) is 24.3 Å². The largest absolute Gasteiger partial charge is 0.444 e. The number of fused-ring (bicyclic) bond motifs is 1. The Morgan fingerprint density at radius 2 is 2.24 bits per heavy atom. The van der Waals surface area contributed by atoms with Crippen LogP contribution in [0.4, 0.5) is 9.18 Å². The van der Waals surface area contributed by atoms with E-state index in [4.69, 9.17) is 4.74 Å². The van der Waals surface area contributed by atoms with Crippen LogP contribution in [-0.2, 0) is 4.74 Å². The Hall–Kier alpha value is -2.97. The molecule has 29 heavy (non-hydrogen) atoms. The van der Waals surface area contributed by atoms with Crippen molar-refractivity contribution in [1.29, 1.82) is 0 Å². The fraction of sp³-hybridized carbons (Fsp3) is 0.500. The number of carbonyl (C=O) groups is 1. The maximum atomic E-state index is 14.0. The van der Waals surface area contributed by atoms with E-state index >= 15 is 0 Å². The summed E-state index contributed by atoms with van der Waals surface area (Å²) in [5.41, 5.74) is 1.75. The third-order valence-corrected chi connectivity index (χ3v) is 5.15. The van der Waals surface area contributed by atoms with Gasteiger partial charge in [-0.2, -0.15) is 5.10 Å². The maximum absolute atomic E-state index is 14.0. The molecule has 2 unspecified atom stereocenters. The summed E-state index contributed by atoms with van der Waals surface area (Å²) in [5.74, 6) is -0.0297. The van der Waals surface area contributed by atoms with Gasteiger partial charge in [0.15, 0.2) is 0 Å². The van der Waals surface area contributed by atoms with E-state index in [0.29, 0.717) is 19.5 Å². The highest BCUT2D eigenvalue weighted by Crippen LogP contribution is 2.31. The number of halogens is 1. The zero-order valence-electron chi connectivity index (χ0n) is 16.8. The molecule has 3 aromatic heterocycles. The molecule has 8 nitrogen and oxygen atoms in total. The van der Waals surface area contributed by atoms with Crippen molar-refractivity contribution >= 4 is 17.1 Å². The number of carbonyl (C=O) groups excluding carboxylic acids is 1. The van der Waals surface area contributed by atoms with Gasteiger partial charge in [-0.15, -0.1) is 0 Å². The van der Waals surface area contributed by atoms with Crippen molar-refractivity contribution in [2.75, 3.05) is 19.8 Å². The molecule has 1 N–H and O–H groups in total. The Kier molecular flexibility index (Phi) is 4.97. The fourth-order valence-electron chi connectivity index (χ4n) is 3.75. The van der Waals surface area contributed by atoms with Crippen molar-refractivity contribution in [3.05, 3.63) is 31.0 Å². The first-order valence-corrected chi connectivity index (χ1v) is 9.72. The molecule has 0 bridgehead atoms. The highest BCUT2D eigenvalue weighted by Gasteiger charge is 2.35. The van der Waals surface area contributed by atoms with E-state index in [1.807, 2.05) is 33.0 Å². The number of hydrogen-bond acceptors (Lipinski definition) is 5. The second-order valence-electron chi connectivity index (χ2n) is 8.37. The van der Waals surface area contributed by atoms with Crippen LogP contribution in [0.5, 0.6) is 0 Å². The zero-order valence-corrected chi connectivity index (χ0v) is 16.8. The minimum absolute atomic E-state index is 0.0297. The lowest BCUT2D eigenvalue weighted by molar-refractivity contribution is 0.0282. The molecular formula is C20H25FN6O2. The standard InChI is InChI=1S/C20H25FN6O2/c1-20(2,3)29-19(28)26-7-5-13(10-26)16(8-21)27-11-14(9-25-27)17-15-4-6-22-18(15)24-12-23-17/h4,6,9,11-13,16H,5,7-8,10H2,1-3H3,(H,22,23,24). The van der Waals surface area contributed by atoms with Crippen molar-refractivity contribution in [2.45, 2.75) is 38.8 Å². The first-order valence-electron chi connectivity index (χ1n) is 9.72. The van der Waals surface area contributed by atoms with Crippen LogP contribution in [0.2, 0.25) is 0 Å². The van der Waals surface area contributed by atoms with E-state index in [1.54, 1.807) is 22.0 Å². The van der Waals surface area contributed by atoms with Crippen molar-refractivity contribution in [2.24, 2.45) is 5.92 Å². The second-order valence-corrected chi connectivity index (χ2v) is 8.37. The maximum Gasteiger partial charge on any atom is 0.410 e. The Morgan fingerprint density at radius 3 is 3.00 bits per heavy atom. The van der Waals surface area contributed by atoms with E-state index in [1.165, 1.54) is 6.33 Å². The van der Waals surface area contributed by atoms with Crippen LogP contribution in [0.3, 0.4) is 0 Å². The van der Waals surface area contributed by atoms with Crippen LogP contribution >= 0.6 is 0 Å². The lowest BCUT2D eigenvalue weighted by Gasteiger charge is -2.25. The van der Waals surface area contributed by atoms with Gasteiger partial charge in [-0.05, 0) is 33.3 Å². The van der Waals surface area contributed by atoms with Crippen LogP contribution < -0.4 is 0 Å². The summed E-state index contributed by atoms with van der Waals surface area (Å²) < 4.78 is 21.1. The van der Waals surface area contributed by atoms with Gasteiger partial charge in [-0.1, -0.05) is 0 Å². The lowest BCUT2D eigenvalue weighted by Crippen LogP contribution is -2.36. The molecule has 1 aliphatic rings. The number of aromatic nitrogens is 5. The minimum Gasteiger partial charge on any atom is -0.444 e. The smallest absolute Gasteiger partial charge is 0.410 e. The van der Waals surface area contributed by atoms with E-state index in [9.17, 15) is 9.18 Å².